The highest BCUT2D eigenvalue weighted by Crippen LogP contribution is 2.15. The molecule has 0 aliphatic carbocycles. The van der Waals surface area contributed by atoms with Gasteiger partial charge >= 0.3 is 0 Å². The lowest BCUT2D eigenvalue weighted by atomic mass is 10.1. The molecule has 6 nitrogen and oxygen atoms in total. The molecule has 1 amide bonds. The first kappa shape index (κ1) is 27.0. The maximum atomic E-state index is 11.8. The van der Waals surface area contributed by atoms with Crippen LogP contribution in [0.5, 0.6) is 5.75 Å². The van der Waals surface area contributed by atoms with E-state index in [1.54, 1.807) is 0 Å². The summed E-state index contributed by atoms with van der Waals surface area (Å²) in [6.45, 7) is 5.67. The van der Waals surface area contributed by atoms with Gasteiger partial charge in [0.1, 0.15) is 12.4 Å². The van der Waals surface area contributed by atoms with Gasteiger partial charge in [0, 0.05) is 44.8 Å². The third-order valence-corrected chi connectivity index (χ3v) is 4.74. The van der Waals surface area contributed by atoms with Gasteiger partial charge < -0.3 is 20.5 Å². The fourth-order valence-electron chi connectivity index (χ4n) is 3.01. The van der Waals surface area contributed by atoms with Gasteiger partial charge in [-0.3, -0.25) is 9.69 Å². The van der Waals surface area contributed by atoms with Crippen molar-refractivity contribution in [1.82, 2.24) is 10.2 Å². The number of nitrogens with one attached hydrogen (secondary N) is 1. The Kier molecular flexibility index (Phi) is 14.3. The molecule has 1 fully saturated rings. The van der Waals surface area contributed by atoms with Gasteiger partial charge in [-0.25, -0.2) is 0 Å². The molecule has 8 heteroatoms. The Morgan fingerprint density at radius 1 is 1.36 bits per heavy atom. The van der Waals surface area contributed by atoms with Gasteiger partial charge in [-0.05, 0) is 50.9 Å². The lowest BCUT2D eigenvalue weighted by Gasteiger charge is -2.31. The van der Waals surface area contributed by atoms with Crippen LogP contribution in [0.4, 0.5) is 0 Å². The van der Waals surface area contributed by atoms with Gasteiger partial charge in [-0.15, -0.1) is 24.8 Å². The van der Waals surface area contributed by atoms with Crippen molar-refractivity contribution in [2.45, 2.75) is 51.2 Å². The average Bonchev–Trinajstić information content (AvgIpc) is 2.65. The first-order valence-corrected chi connectivity index (χ1v) is 9.56. The van der Waals surface area contributed by atoms with Crippen LogP contribution in [0.3, 0.4) is 0 Å². The first-order valence-electron chi connectivity index (χ1n) is 9.56. The number of rotatable bonds is 10. The molecule has 2 rings (SSSR count). The Labute approximate surface area is 181 Å². The van der Waals surface area contributed by atoms with E-state index >= 15 is 0 Å². The van der Waals surface area contributed by atoms with Gasteiger partial charge in [0.15, 0.2) is 0 Å². The second-order valence-electron chi connectivity index (χ2n) is 7.11. The zero-order chi connectivity index (χ0) is 18.8. The lowest BCUT2D eigenvalue weighted by Crippen LogP contribution is -2.38. The summed E-state index contributed by atoms with van der Waals surface area (Å²) in [5, 5.41) is 2.93. The minimum atomic E-state index is 0. The van der Waals surface area contributed by atoms with E-state index < -0.39 is 0 Å². The second kappa shape index (κ2) is 14.9. The molecular formula is C20H35Cl2N3O3. The molecule has 162 valence electrons. The fourth-order valence-corrected chi connectivity index (χ4v) is 3.01. The fraction of sp³-hybridized carbons (Fsp3) is 0.650. The van der Waals surface area contributed by atoms with Crippen molar-refractivity contribution < 1.29 is 14.3 Å². The number of amides is 1. The number of likely N-dealkylation sites (N-methyl/N-ethyl adjacent to an activating group) is 1. The van der Waals surface area contributed by atoms with E-state index in [1.807, 2.05) is 31.2 Å². The van der Waals surface area contributed by atoms with E-state index in [9.17, 15) is 4.79 Å². The molecule has 0 bridgehead atoms. The number of carbonyl (C=O) groups excluding carboxylic acids is 1. The summed E-state index contributed by atoms with van der Waals surface area (Å²) in [5.41, 5.74) is 6.71. The Balaban J connectivity index is 0.00000364. The highest BCUT2D eigenvalue weighted by atomic mass is 35.5. The van der Waals surface area contributed by atoms with Crippen LogP contribution in [0, 0.1) is 0 Å². The number of hydrogen-bond acceptors (Lipinski definition) is 5. The topological polar surface area (TPSA) is 76.8 Å². The number of hydrogen-bond donors (Lipinski definition) is 2. The standard InChI is InChI=1S/C20H33N3O3.2ClH/c1-16(21)6-7-20(24)22-15-17-4-3-5-19(14-17)26-13-10-23(2)18-8-11-25-12-9-18;;/h3-5,14,16,18H,6-13,15,21H2,1-2H3,(H,22,24);2*1H. The number of carbonyl (C=O) groups is 1. The molecule has 0 aromatic heterocycles. The van der Waals surface area contributed by atoms with Gasteiger partial charge in [0.2, 0.25) is 5.91 Å². The van der Waals surface area contributed by atoms with Crippen LogP contribution >= 0.6 is 24.8 Å². The second-order valence-corrected chi connectivity index (χ2v) is 7.11. The molecule has 0 radical (unpaired) electrons. The monoisotopic (exact) mass is 435 g/mol. The normalized spacial score (nSPS) is 15.3. The van der Waals surface area contributed by atoms with Crippen LogP contribution in [-0.2, 0) is 16.1 Å². The summed E-state index contributed by atoms with van der Waals surface area (Å²) < 4.78 is 11.3. The van der Waals surface area contributed by atoms with E-state index in [4.69, 9.17) is 15.2 Å². The minimum absolute atomic E-state index is 0. The summed E-state index contributed by atoms with van der Waals surface area (Å²) in [6, 6.07) is 8.53. The maximum Gasteiger partial charge on any atom is 0.220 e. The molecule has 1 saturated heterocycles. The summed E-state index contributed by atoms with van der Waals surface area (Å²) >= 11 is 0. The number of ether oxygens (including phenoxy) is 2. The van der Waals surface area contributed by atoms with Crippen molar-refractivity contribution in [1.29, 1.82) is 0 Å². The van der Waals surface area contributed by atoms with Crippen molar-refractivity contribution in [2.24, 2.45) is 5.73 Å². The molecule has 1 heterocycles. The molecule has 3 N–H and O–H groups in total. The zero-order valence-electron chi connectivity index (χ0n) is 16.9. The van der Waals surface area contributed by atoms with Crippen LogP contribution in [0.2, 0.25) is 0 Å². The first-order chi connectivity index (χ1) is 12.5. The maximum absolute atomic E-state index is 11.8. The largest absolute Gasteiger partial charge is 0.492 e. The summed E-state index contributed by atoms with van der Waals surface area (Å²) in [4.78, 5) is 14.1. The molecule has 1 unspecified atom stereocenters. The third kappa shape index (κ3) is 10.5. The van der Waals surface area contributed by atoms with Crippen LogP contribution in [0.25, 0.3) is 0 Å². The van der Waals surface area contributed by atoms with Crippen LogP contribution in [0.1, 0.15) is 38.2 Å². The molecule has 1 atom stereocenters. The van der Waals surface area contributed by atoms with E-state index in [0.29, 0.717) is 32.0 Å². The molecule has 0 spiro atoms. The highest BCUT2D eigenvalue weighted by molar-refractivity contribution is 5.85. The van der Waals surface area contributed by atoms with Crippen molar-refractivity contribution >= 4 is 30.7 Å². The Morgan fingerprint density at radius 2 is 2.07 bits per heavy atom. The average molecular weight is 436 g/mol. The van der Waals surface area contributed by atoms with Crippen molar-refractivity contribution in [3.63, 3.8) is 0 Å². The van der Waals surface area contributed by atoms with Gasteiger partial charge in [0.05, 0.1) is 0 Å². The number of benzene rings is 1. The minimum Gasteiger partial charge on any atom is -0.492 e. The van der Waals surface area contributed by atoms with Crippen molar-refractivity contribution in [3.05, 3.63) is 29.8 Å². The predicted molar refractivity (Wildman–Crippen MR) is 118 cm³/mol. The molecule has 1 aromatic carbocycles. The van der Waals surface area contributed by atoms with Gasteiger partial charge in [0.25, 0.3) is 0 Å². The quantitative estimate of drug-likeness (QED) is 0.590. The SMILES string of the molecule is CC(N)CCC(=O)NCc1cccc(OCCN(C)C2CCOCC2)c1.Cl.Cl. The van der Waals surface area contributed by atoms with E-state index in [-0.39, 0.29) is 36.8 Å². The highest BCUT2D eigenvalue weighted by Gasteiger charge is 2.17. The van der Waals surface area contributed by atoms with Crippen LogP contribution in [0.15, 0.2) is 24.3 Å². The van der Waals surface area contributed by atoms with E-state index in [0.717, 1.165) is 43.9 Å². The predicted octanol–water partition coefficient (Wildman–Crippen LogP) is 2.76. The van der Waals surface area contributed by atoms with E-state index in [2.05, 4.69) is 17.3 Å². The molecule has 28 heavy (non-hydrogen) atoms. The lowest BCUT2D eigenvalue weighted by molar-refractivity contribution is -0.121. The third-order valence-electron chi connectivity index (χ3n) is 4.74. The number of halogens is 2. The van der Waals surface area contributed by atoms with Crippen molar-refractivity contribution in [3.8, 4) is 5.75 Å². The van der Waals surface area contributed by atoms with E-state index in [1.165, 1.54) is 0 Å². The number of nitrogens with zero attached hydrogens (tertiary/aromatic N) is 1. The Bertz CT molecular complexity index is 555. The Morgan fingerprint density at radius 3 is 2.75 bits per heavy atom. The molecule has 0 saturated carbocycles. The van der Waals surface area contributed by atoms with Crippen molar-refractivity contribution in [2.75, 3.05) is 33.4 Å². The summed E-state index contributed by atoms with van der Waals surface area (Å²) in [7, 11) is 2.15. The summed E-state index contributed by atoms with van der Waals surface area (Å²) in [5.74, 6) is 0.874. The van der Waals surface area contributed by atoms with Gasteiger partial charge in [-0.1, -0.05) is 12.1 Å². The molecular weight excluding hydrogens is 401 g/mol. The smallest absolute Gasteiger partial charge is 0.220 e. The zero-order valence-corrected chi connectivity index (χ0v) is 18.5. The van der Waals surface area contributed by atoms with Gasteiger partial charge in [-0.2, -0.15) is 0 Å². The molecule has 1 aliphatic rings. The molecule has 1 aliphatic heterocycles. The Hall–Kier alpha value is -1.05. The molecule has 1 aromatic rings. The summed E-state index contributed by atoms with van der Waals surface area (Å²) in [6.07, 6.45) is 3.35. The van der Waals surface area contributed by atoms with Crippen LogP contribution in [-0.4, -0.2) is 56.3 Å². The number of nitrogens with two attached hydrogens (primary N) is 1. The van der Waals surface area contributed by atoms with Crippen LogP contribution < -0.4 is 15.8 Å².